The summed E-state index contributed by atoms with van der Waals surface area (Å²) in [6, 6.07) is 13.3. The van der Waals surface area contributed by atoms with Crippen molar-refractivity contribution in [1.82, 2.24) is 19.7 Å². The molecule has 1 amide bonds. The lowest BCUT2D eigenvalue weighted by Gasteiger charge is -2.41. The van der Waals surface area contributed by atoms with Gasteiger partial charge >= 0.3 is 0 Å². The van der Waals surface area contributed by atoms with Gasteiger partial charge in [0.25, 0.3) is 0 Å². The third-order valence-electron chi connectivity index (χ3n) is 6.11. The van der Waals surface area contributed by atoms with E-state index in [2.05, 4.69) is 34.7 Å². The van der Waals surface area contributed by atoms with Crippen LogP contribution < -0.4 is 5.73 Å². The molecular weight excluding hydrogens is 552 g/mol. The molecule has 1 aromatic carbocycles. The van der Waals surface area contributed by atoms with E-state index in [1.807, 2.05) is 47.5 Å². The van der Waals surface area contributed by atoms with Crippen molar-refractivity contribution >= 4 is 67.1 Å². The quantitative estimate of drug-likeness (QED) is 0.466. The number of hydrogen-bond donors (Lipinski definition) is 1. The van der Waals surface area contributed by atoms with Crippen molar-refractivity contribution in [3.63, 3.8) is 0 Å². The minimum absolute atomic E-state index is 0. The summed E-state index contributed by atoms with van der Waals surface area (Å²) < 4.78 is 0. The Labute approximate surface area is 239 Å². The topological polar surface area (TPSA) is 65.7 Å². The van der Waals surface area contributed by atoms with Crippen LogP contribution in [0.3, 0.4) is 0 Å². The van der Waals surface area contributed by atoms with Gasteiger partial charge in [0.15, 0.2) is 0 Å². The molecule has 2 aromatic rings. The van der Waals surface area contributed by atoms with Crippen molar-refractivity contribution in [3.05, 3.63) is 64.9 Å². The van der Waals surface area contributed by atoms with Crippen LogP contribution >= 0.6 is 61.2 Å². The Morgan fingerprint density at radius 2 is 1.60 bits per heavy atom. The molecule has 0 radical (unpaired) electrons. The number of hydrogen-bond acceptors (Lipinski definition) is 5. The van der Waals surface area contributed by atoms with E-state index in [4.69, 9.17) is 17.3 Å². The minimum Gasteiger partial charge on any atom is -0.339 e. The normalized spacial score (nSPS) is 15.1. The highest BCUT2D eigenvalue weighted by Crippen LogP contribution is 2.22. The van der Waals surface area contributed by atoms with Gasteiger partial charge in [-0.2, -0.15) is 0 Å². The summed E-state index contributed by atoms with van der Waals surface area (Å²) in [5.41, 5.74) is 8.37. The second-order valence-electron chi connectivity index (χ2n) is 8.05. The maximum Gasteiger partial charge on any atom is 0.239 e. The fourth-order valence-corrected chi connectivity index (χ4v) is 4.27. The molecule has 3 rings (SSSR count). The molecule has 0 saturated carbocycles. The predicted molar refractivity (Wildman–Crippen MR) is 155 cm³/mol. The van der Waals surface area contributed by atoms with Crippen molar-refractivity contribution in [1.29, 1.82) is 0 Å². The van der Waals surface area contributed by atoms with Crippen LogP contribution in [-0.2, 0) is 11.2 Å². The van der Waals surface area contributed by atoms with Crippen molar-refractivity contribution in [3.8, 4) is 0 Å². The van der Waals surface area contributed by atoms with Crippen LogP contribution in [0.4, 0.5) is 0 Å². The van der Waals surface area contributed by atoms with Gasteiger partial charge in [-0.1, -0.05) is 43.6 Å². The number of rotatable bonds is 9. The van der Waals surface area contributed by atoms with Gasteiger partial charge in [-0.25, -0.2) is 0 Å². The number of benzene rings is 1. The van der Waals surface area contributed by atoms with E-state index in [0.717, 1.165) is 44.0 Å². The fraction of sp³-hybridized carbons (Fsp3) is 0.500. The van der Waals surface area contributed by atoms with Gasteiger partial charge in [0.2, 0.25) is 5.91 Å². The van der Waals surface area contributed by atoms with Gasteiger partial charge in [0.1, 0.15) is 0 Å². The fourth-order valence-electron chi connectivity index (χ4n) is 4.15. The number of nitrogens with two attached hydrogens (primary N) is 1. The van der Waals surface area contributed by atoms with Crippen LogP contribution in [0.25, 0.3) is 0 Å². The number of pyridine rings is 1. The first kappa shape index (κ1) is 36.3. The third-order valence-corrected chi connectivity index (χ3v) is 6.36. The summed E-state index contributed by atoms with van der Waals surface area (Å²) in [5.74, 6) is 0.0210. The molecule has 0 bridgehead atoms. The monoisotopic (exact) mass is 587 g/mol. The molecule has 1 aliphatic rings. The van der Waals surface area contributed by atoms with Gasteiger partial charge in [-0.15, -0.1) is 49.6 Å². The summed E-state index contributed by atoms with van der Waals surface area (Å²) in [7, 11) is 0. The summed E-state index contributed by atoms with van der Waals surface area (Å²) in [5, 5.41) is 0.687. The lowest BCUT2D eigenvalue weighted by atomic mass is 10.0. The van der Waals surface area contributed by atoms with Crippen molar-refractivity contribution in [2.45, 2.75) is 32.4 Å². The maximum absolute atomic E-state index is 12.9. The number of likely N-dealkylation sites (N-methyl/N-ethyl adjacent to an activating group) is 1. The van der Waals surface area contributed by atoms with Crippen LogP contribution in [0.1, 0.15) is 31.1 Å². The molecule has 2 unspecified atom stereocenters. The lowest BCUT2D eigenvalue weighted by Crippen LogP contribution is -2.55. The summed E-state index contributed by atoms with van der Waals surface area (Å²) in [6.45, 7) is 10.4. The molecule has 200 valence electrons. The van der Waals surface area contributed by atoms with Gasteiger partial charge in [-0.3, -0.25) is 14.7 Å². The molecule has 6 nitrogen and oxygen atoms in total. The molecule has 0 aliphatic carbocycles. The largest absolute Gasteiger partial charge is 0.339 e. The predicted octanol–water partition coefficient (Wildman–Crippen LogP) is 4.52. The first-order valence-electron chi connectivity index (χ1n) is 11.2. The van der Waals surface area contributed by atoms with Gasteiger partial charge in [-0.05, 0) is 49.3 Å². The molecule has 1 saturated heterocycles. The number of piperazine rings is 1. The summed E-state index contributed by atoms with van der Waals surface area (Å²) in [6.07, 6.45) is 2.38. The Hall–Kier alpha value is -0.830. The number of amides is 1. The van der Waals surface area contributed by atoms with Crippen LogP contribution in [0.5, 0.6) is 0 Å². The van der Waals surface area contributed by atoms with Gasteiger partial charge in [0.05, 0.1) is 17.8 Å². The van der Waals surface area contributed by atoms with E-state index in [1.165, 1.54) is 0 Å². The molecule has 11 heteroatoms. The number of aromatic nitrogens is 1. The summed E-state index contributed by atoms with van der Waals surface area (Å²) >= 11 is 5.95. The van der Waals surface area contributed by atoms with Crippen LogP contribution in [-0.4, -0.2) is 77.4 Å². The molecule has 2 heterocycles. The van der Waals surface area contributed by atoms with E-state index < -0.39 is 6.04 Å². The highest BCUT2D eigenvalue weighted by Gasteiger charge is 2.30. The Morgan fingerprint density at radius 1 is 1.00 bits per heavy atom. The Balaban J connectivity index is 0. The average molecular weight is 590 g/mol. The molecule has 1 aliphatic heterocycles. The SMILES string of the molecule is CCN(CC)CC(c1ccccn1)N1CCN(C(=O)C(N)Cc2ccc(Cl)cc2)CC1.Cl.Cl.Cl.Cl. The molecule has 2 atom stereocenters. The Morgan fingerprint density at radius 3 is 2.11 bits per heavy atom. The lowest BCUT2D eigenvalue weighted by molar-refractivity contribution is -0.134. The van der Waals surface area contributed by atoms with E-state index in [9.17, 15) is 4.79 Å². The smallest absolute Gasteiger partial charge is 0.239 e. The number of carbonyl (C=O) groups is 1. The number of nitrogens with zero attached hydrogens (tertiary/aromatic N) is 4. The van der Waals surface area contributed by atoms with Crippen LogP contribution in [0, 0.1) is 0 Å². The second kappa shape index (κ2) is 18.4. The van der Waals surface area contributed by atoms with E-state index in [-0.39, 0.29) is 61.6 Å². The maximum atomic E-state index is 12.9. The van der Waals surface area contributed by atoms with Crippen LogP contribution in [0.15, 0.2) is 48.7 Å². The van der Waals surface area contributed by atoms with E-state index >= 15 is 0 Å². The third kappa shape index (κ3) is 10.6. The zero-order valence-corrected chi connectivity index (χ0v) is 24.2. The second-order valence-corrected chi connectivity index (χ2v) is 8.49. The molecule has 1 fully saturated rings. The van der Waals surface area contributed by atoms with Crippen molar-refractivity contribution < 1.29 is 4.79 Å². The molecule has 2 N–H and O–H groups in total. The Bertz CT molecular complexity index is 819. The summed E-state index contributed by atoms with van der Waals surface area (Å²) in [4.78, 5) is 24.3. The van der Waals surface area contributed by atoms with E-state index in [0.29, 0.717) is 24.5 Å². The average Bonchev–Trinajstić information content (AvgIpc) is 2.81. The van der Waals surface area contributed by atoms with Crippen molar-refractivity contribution in [2.24, 2.45) is 5.73 Å². The molecule has 1 aromatic heterocycles. The van der Waals surface area contributed by atoms with Crippen LogP contribution in [0.2, 0.25) is 5.02 Å². The first-order valence-corrected chi connectivity index (χ1v) is 11.6. The Kier molecular flexibility index (Phi) is 19.1. The zero-order valence-electron chi connectivity index (χ0n) is 20.2. The molecular formula is C24H38Cl5N5O. The molecule has 0 spiro atoms. The standard InChI is InChI=1S/C24H34ClN5O.4ClH/c1-3-28(4-2)18-23(22-7-5-6-12-27-22)29-13-15-30(16-14-29)24(31)21(26)17-19-8-10-20(25)11-9-19;;;;/h5-12,21,23H,3-4,13-18,26H2,1-2H3;4*1H. The first-order chi connectivity index (χ1) is 15.0. The minimum atomic E-state index is -0.532. The van der Waals surface area contributed by atoms with Crippen molar-refractivity contribution in [2.75, 3.05) is 45.8 Å². The zero-order chi connectivity index (χ0) is 22.2. The molecule has 35 heavy (non-hydrogen) atoms. The number of halogens is 5. The number of carbonyl (C=O) groups excluding carboxylic acids is 1. The van der Waals surface area contributed by atoms with Gasteiger partial charge in [0, 0.05) is 43.9 Å². The van der Waals surface area contributed by atoms with E-state index in [1.54, 1.807) is 0 Å². The van der Waals surface area contributed by atoms with Gasteiger partial charge < -0.3 is 15.5 Å². The highest BCUT2D eigenvalue weighted by molar-refractivity contribution is 6.30. The highest BCUT2D eigenvalue weighted by atomic mass is 35.5.